The summed E-state index contributed by atoms with van der Waals surface area (Å²) in [6, 6.07) is 9.58. The van der Waals surface area contributed by atoms with Gasteiger partial charge in [0.25, 0.3) is 0 Å². The number of primary amides is 1. The normalized spacial score (nSPS) is 22.3. The van der Waals surface area contributed by atoms with Gasteiger partial charge >= 0.3 is 0 Å². The molecule has 1 aliphatic heterocycles. The lowest BCUT2D eigenvalue weighted by Crippen LogP contribution is -2.46. The molecule has 1 saturated heterocycles. The molecule has 1 unspecified atom stereocenters. The fraction of sp³-hybridized carbons (Fsp3) is 0.280. The lowest BCUT2D eigenvalue weighted by Gasteiger charge is -2.27. The summed E-state index contributed by atoms with van der Waals surface area (Å²) in [5, 5.41) is 4.02. The van der Waals surface area contributed by atoms with E-state index in [0.29, 0.717) is 44.3 Å². The number of carbonyl (C=O) groups excluding carboxylic acids is 3. The third-order valence-corrected chi connectivity index (χ3v) is 7.88. The van der Waals surface area contributed by atoms with E-state index in [1.807, 2.05) is 0 Å². The molecule has 4 aromatic rings. The molecule has 0 spiro atoms. The molecule has 188 valence electrons. The number of nitrogen functional groups attached to an aromatic ring is 1. The monoisotopic (exact) mass is 562 g/mol. The number of likely N-dealkylation sites (tertiary alicyclic amines) is 1. The van der Waals surface area contributed by atoms with Crippen LogP contribution in [0.4, 0.5) is 11.6 Å². The zero-order valence-corrected chi connectivity index (χ0v) is 21.4. The molecule has 11 nitrogen and oxygen atoms in total. The Balaban J connectivity index is 1.35. The number of hydrogen-bond donors (Lipinski definition) is 3. The Morgan fingerprint density at radius 2 is 2.00 bits per heavy atom. The Morgan fingerprint density at radius 1 is 1.19 bits per heavy atom. The van der Waals surface area contributed by atoms with E-state index in [0.717, 1.165) is 6.42 Å². The van der Waals surface area contributed by atoms with Gasteiger partial charge in [-0.1, -0.05) is 13.0 Å². The number of carbonyl (C=O) groups is 3. The van der Waals surface area contributed by atoms with Gasteiger partial charge in [-0.2, -0.15) is 0 Å². The standard InChI is InChI=1S/C25H23BrN8O3/c1-25-8-15(24(37)32-18-4-2-3-17(26)31-18)34(16(25)9-25)19(35)10-33-14-6-5-12(22(28)36)7-13(14)20-21(27)29-11-30-23(20)33/h2-7,11,15-16H,8-10H2,1H3,(H2,28,36)(H2,27,29,30)(H,31,32,37)/t15-,16?,25-/m0/s1. The van der Waals surface area contributed by atoms with Crippen molar-refractivity contribution in [3.8, 4) is 0 Å². The molecule has 3 atom stereocenters. The third kappa shape index (κ3) is 3.79. The van der Waals surface area contributed by atoms with Crippen LogP contribution < -0.4 is 16.8 Å². The SMILES string of the molecule is C[C@]12CC1N(C(=O)Cn1c3ccc(C(N)=O)cc3c3c(N)ncnc31)[C@H](C(=O)Nc1cccc(Br)n1)C2. The van der Waals surface area contributed by atoms with Crippen molar-refractivity contribution in [2.24, 2.45) is 11.1 Å². The number of benzene rings is 1. The second-order valence-corrected chi connectivity index (χ2v) is 10.7. The lowest BCUT2D eigenvalue weighted by molar-refractivity contribution is -0.138. The number of nitrogens with zero attached hydrogens (tertiary/aromatic N) is 5. The predicted octanol–water partition coefficient (Wildman–Crippen LogP) is 2.44. The number of amides is 3. The molecule has 3 aromatic heterocycles. The van der Waals surface area contributed by atoms with Crippen LogP contribution in [0.15, 0.2) is 47.3 Å². The van der Waals surface area contributed by atoms with Gasteiger partial charge in [0.2, 0.25) is 17.7 Å². The van der Waals surface area contributed by atoms with E-state index in [2.05, 4.69) is 43.1 Å². The molecule has 4 heterocycles. The molecular formula is C25H23BrN8O3. The fourth-order valence-electron chi connectivity index (χ4n) is 5.52. The zero-order chi connectivity index (χ0) is 26.1. The first kappa shape index (κ1) is 23.3. The van der Waals surface area contributed by atoms with Crippen LogP contribution in [-0.2, 0) is 16.1 Å². The molecule has 5 N–H and O–H groups in total. The molecule has 1 aromatic carbocycles. The smallest absolute Gasteiger partial charge is 0.248 e. The minimum atomic E-state index is -0.619. The number of pyridine rings is 1. The van der Waals surface area contributed by atoms with Crippen molar-refractivity contribution >= 4 is 67.2 Å². The predicted molar refractivity (Wildman–Crippen MR) is 140 cm³/mol. The molecule has 1 aliphatic carbocycles. The summed E-state index contributed by atoms with van der Waals surface area (Å²) < 4.78 is 2.35. The minimum absolute atomic E-state index is 0.0135. The highest BCUT2D eigenvalue weighted by Crippen LogP contribution is 2.59. The van der Waals surface area contributed by atoms with Crippen LogP contribution in [0.25, 0.3) is 21.9 Å². The topological polar surface area (TPSA) is 162 Å². The number of hydrogen-bond acceptors (Lipinski definition) is 7. The summed E-state index contributed by atoms with van der Waals surface area (Å²) in [5.41, 5.74) is 13.0. The van der Waals surface area contributed by atoms with Crippen molar-refractivity contribution in [1.82, 2.24) is 24.4 Å². The van der Waals surface area contributed by atoms with Crippen molar-refractivity contribution in [1.29, 1.82) is 0 Å². The first-order chi connectivity index (χ1) is 17.7. The molecular weight excluding hydrogens is 540 g/mol. The van der Waals surface area contributed by atoms with Crippen LogP contribution in [0.1, 0.15) is 30.1 Å². The Bertz CT molecular complexity index is 1640. The van der Waals surface area contributed by atoms with E-state index >= 15 is 0 Å². The summed E-state index contributed by atoms with van der Waals surface area (Å²) in [7, 11) is 0. The Kier molecular flexibility index (Phi) is 5.19. The van der Waals surface area contributed by atoms with E-state index < -0.39 is 11.9 Å². The molecule has 1 saturated carbocycles. The second kappa shape index (κ2) is 8.23. The highest BCUT2D eigenvalue weighted by atomic mass is 79.9. The first-order valence-electron chi connectivity index (χ1n) is 11.7. The van der Waals surface area contributed by atoms with Gasteiger partial charge < -0.3 is 26.3 Å². The second-order valence-electron chi connectivity index (χ2n) is 9.87. The van der Waals surface area contributed by atoms with Crippen LogP contribution in [-0.4, -0.2) is 54.2 Å². The summed E-state index contributed by atoms with van der Waals surface area (Å²) in [4.78, 5) is 53.3. The van der Waals surface area contributed by atoms with Crippen LogP contribution in [0.2, 0.25) is 0 Å². The van der Waals surface area contributed by atoms with Gasteiger partial charge in [-0.05, 0) is 64.5 Å². The number of halogens is 1. The van der Waals surface area contributed by atoms with Gasteiger partial charge in [-0.3, -0.25) is 14.4 Å². The highest BCUT2D eigenvalue weighted by Gasteiger charge is 2.64. The number of anilines is 2. The third-order valence-electron chi connectivity index (χ3n) is 7.44. The van der Waals surface area contributed by atoms with Crippen LogP contribution >= 0.6 is 15.9 Å². The van der Waals surface area contributed by atoms with Crippen LogP contribution in [0, 0.1) is 5.41 Å². The maximum absolute atomic E-state index is 13.8. The molecule has 0 bridgehead atoms. The molecule has 0 radical (unpaired) electrons. The summed E-state index contributed by atoms with van der Waals surface area (Å²) in [5.74, 6) is -0.404. The van der Waals surface area contributed by atoms with Gasteiger partial charge in [0, 0.05) is 17.0 Å². The zero-order valence-electron chi connectivity index (χ0n) is 19.8. The van der Waals surface area contributed by atoms with Crippen molar-refractivity contribution < 1.29 is 14.4 Å². The number of rotatable bonds is 5. The molecule has 2 fully saturated rings. The minimum Gasteiger partial charge on any atom is -0.383 e. The molecule has 2 aliphatic rings. The summed E-state index contributed by atoms with van der Waals surface area (Å²) in [6.07, 6.45) is 2.76. The quantitative estimate of drug-likeness (QED) is 0.314. The van der Waals surface area contributed by atoms with E-state index in [-0.39, 0.29) is 35.6 Å². The van der Waals surface area contributed by atoms with Crippen LogP contribution in [0.5, 0.6) is 0 Å². The number of nitrogens with one attached hydrogen (secondary N) is 1. The lowest BCUT2D eigenvalue weighted by atomic mass is 10.0. The summed E-state index contributed by atoms with van der Waals surface area (Å²) >= 11 is 3.31. The number of fused-ring (bicyclic) bond motifs is 4. The van der Waals surface area contributed by atoms with Gasteiger partial charge in [0.05, 0.1) is 10.9 Å². The maximum atomic E-state index is 13.8. The number of piperidine rings is 1. The van der Waals surface area contributed by atoms with E-state index in [1.54, 1.807) is 45.9 Å². The van der Waals surface area contributed by atoms with E-state index in [9.17, 15) is 14.4 Å². The Labute approximate surface area is 219 Å². The van der Waals surface area contributed by atoms with Gasteiger partial charge in [0.15, 0.2) is 0 Å². The van der Waals surface area contributed by atoms with Gasteiger partial charge in [-0.25, -0.2) is 15.0 Å². The average Bonchev–Trinajstić information content (AvgIpc) is 3.26. The fourth-order valence-corrected chi connectivity index (χ4v) is 5.86. The first-order valence-corrected chi connectivity index (χ1v) is 12.5. The largest absolute Gasteiger partial charge is 0.383 e. The van der Waals surface area contributed by atoms with Crippen molar-refractivity contribution in [2.45, 2.75) is 38.4 Å². The number of nitrogens with two attached hydrogens (primary N) is 2. The van der Waals surface area contributed by atoms with Gasteiger partial charge in [-0.15, -0.1) is 0 Å². The van der Waals surface area contributed by atoms with Crippen molar-refractivity contribution in [3.05, 3.63) is 52.9 Å². The average molecular weight is 563 g/mol. The van der Waals surface area contributed by atoms with Crippen molar-refractivity contribution in [3.63, 3.8) is 0 Å². The van der Waals surface area contributed by atoms with Gasteiger partial charge in [0.1, 0.15) is 40.8 Å². The van der Waals surface area contributed by atoms with E-state index in [4.69, 9.17) is 11.5 Å². The summed E-state index contributed by atoms with van der Waals surface area (Å²) in [6.45, 7) is 2.04. The maximum Gasteiger partial charge on any atom is 0.248 e. The number of aromatic nitrogens is 4. The molecule has 37 heavy (non-hydrogen) atoms. The highest BCUT2D eigenvalue weighted by molar-refractivity contribution is 9.10. The Hall–Kier alpha value is -4.06. The Morgan fingerprint density at radius 3 is 2.76 bits per heavy atom. The molecule has 6 rings (SSSR count). The molecule has 12 heteroatoms. The van der Waals surface area contributed by atoms with Crippen molar-refractivity contribution in [2.75, 3.05) is 11.1 Å². The molecule has 3 amide bonds. The van der Waals surface area contributed by atoms with Crippen LogP contribution in [0.3, 0.4) is 0 Å². The van der Waals surface area contributed by atoms with E-state index in [1.165, 1.54) is 6.33 Å².